The van der Waals surface area contributed by atoms with Crippen molar-refractivity contribution >= 4 is 35.0 Å². The number of hydrogen-bond donors (Lipinski definition) is 2. The molecule has 0 atom stereocenters. The maximum atomic E-state index is 11.7. The minimum atomic E-state index is -0.437. The monoisotopic (exact) mass is 396 g/mol. The maximum Gasteiger partial charge on any atom is 0.337 e. The van der Waals surface area contributed by atoms with Gasteiger partial charge in [-0.1, -0.05) is 41.9 Å². The number of aryl methyl sites for hydroxylation is 1. The topological polar surface area (TPSA) is 76.1 Å². The Morgan fingerprint density at radius 2 is 1.89 bits per heavy atom. The highest BCUT2D eigenvalue weighted by Crippen LogP contribution is 2.26. The predicted molar refractivity (Wildman–Crippen MR) is 111 cm³/mol. The van der Waals surface area contributed by atoms with Crippen LogP contribution in [0.15, 0.2) is 54.6 Å². The van der Waals surface area contributed by atoms with Crippen LogP contribution in [0.5, 0.6) is 0 Å². The van der Waals surface area contributed by atoms with Crippen molar-refractivity contribution in [3.05, 3.63) is 76.4 Å². The van der Waals surface area contributed by atoms with Crippen LogP contribution in [0.4, 0.5) is 17.5 Å². The third-order valence-electron chi connectivity index (χ3n) is 4.05. The third kappa shape index (κ3) is 5.20. The molecule has 3 rings (SSSR count). The van der Waals surface area contributed by atoms with Crippen LogP contribution < -0.4 is 10.6 Å². The lowest BCUT2D eigenvalue weighted by Gasteiger charge is -2.12. The number of methoxy groups -OCH3 is 1. The van der Waals surface area contributed by atoms with Crippen LogP contribution in [0.25, 0.3) is 0 Å². The fraction of sp³-hybridized carbons (Fsp3) is 0.190. The van der Waals surface area contributed by atoms with E-state index in [0.29, 0.717) is 28.0 Å². The van der Waals surface area contributed by atoms with Crippen LogP contribution in [0, 0.1) is 6.92 Å². The van der Waals surface area contributed by atoms with E-state index >= 15 is 0 Å². The third-order valence-corrected chi connectivity index (χ3v) is 4.38. The van der Waals surface area contributed by atoms with Gasteiger partial charge in [-0.3, -0.25) is 0 Å². The number of anilines is 3. The molecule has 3 aromatic rings. The minimum Gasteiger partial charge on any atom is -0.465 e. The number of carbonyl (C=O) groups excluding carboxylic acids is 1. The van der Waals surface area contributed by atoms with Gasteiger partial charge in [0.1, 0.15) is 5.82 Å². The molecule has 0 aliphatic carbocycles. The van der Waals surface area contributed by atoms with Crippen LogP contribution in [0.2, 0.25) is 5.02 Å². The molecule has 1 aromatic heterocycles. The van der Waals surface area contributed by atoms with E-state index in [2.05, 4.69) is 32.7 Å². The molecule has 0 radical (unpaired) electrons. The Morgan fingerprint density at radius 1 is 1.11 bits per heavy atom. The van der Waals surface area contributed by atoms with Crippen molar-refractivity contribution in [1.29, 1.82) is 0 Å². The van der Waals surface area contributed by atoms with Gasteiger partial charge in [0.15, 0.2) is 0 Å². The number of nitrogens with one attached hydrogen (secondary N) is 2. The zero-order chi connectivity index (χ0) is 19.9. The number of ether oxygens (including phenoxy) is 1. The van der Waals surface area contributed by atoms with Gasteiger partial charge in [-0.15, -0.1) is 0 Å². The van der Waals surface area contributed by atoms with Crippen LogP contribution in [-0.4, -0.2) is 29.6 Å². The molecule has 0 aliphatic heterocycles. The number of benzene rings is 2. The maximum absolute atomic E-state index is 11.7. The Balaban J connectivity index is 1.72. The van der Waals surface area contributed by atoms with Crippen LogP contribution in [0.3, 0.4) is 0 Å². The fourth-order valence-electron chi connectivity index (χ4n) is 2.68. The Bertz CT molecular complexity index is 964. The van der Waals surface area contributed by atoms with Crippen molar-refractivity contribution in [3.8, 4) is 0 Å². The molecule has 0 bridgehead atoms. The molecule has 0 aliphatic rings. The Labute approximate surface area is 168 Å². The number of nitrogens with zero attached hydrogens (tertiary/aromatic N) is 2. The van der Waals surface area contributed by atoms with E-state index < -0.39 is 5.97 Å². The molecule has 0 spiro atoms. The molecule has 0 unspecified atom stereocenters. The molecular formula is C21H21ClN4O2. The molecule has 0 amide bonds. The molecular weight excluding hydrogens is 376 g/mol. The van der Waals surface area contributed by atoms with Gasteiger partial charge in [-0.05, 0) is 37.1 Å². The summed E-state index contributed by atoms with van der Waals surface area (Å²) in [7, 11) is 1.33. The second kappa shape index (κ2) is 9.19. The van der Waals surface area contributed by atoms with E-state index in [4.69, 9.17) is 16.3 Å². The summed E-state index contributed by atoms with van der Waals surface area (Å²) in [6, 6.07) is 17.0. The normalized spacial score (nSPS) is 10.4. The highest BCUT2D eigenvalue weighted by atomic mass is 35.5. The van der Waals surface area contributed by atoms with E-state index in [1.807, 2.05) is 31.2 Å². The lowest BCUT2D eigenvalue weighted by Crippen LogP contribution is -2.09. The van der Waals surface area contributed by atoms with Gasteiger partial charge in [-0.25, -0.2) is 9.78 Å². The first-order valence-corrected chi connectivity index (χ1v) is 9.21. The van der Waals surface area contributed by atoms with Gasteiger partial charge in [0.05, 0.1) is 23.4 Å². The largest absolute Gasteiger partial charge is 0.465 e. The van der Waals surface area contributed by atoms with E-state index in [9.17, 15) is 4.79 Å². The van der Waals surface area contributed by atoms with E-state index in [-0.39, 0.29) is 0 Å². The van der Waals surface area contributed by atoms with E-state index in [1.54, 1.807) is 18.2 Å². The summed E-state index contributed by atoms with van der Waals surface area (Å²) in [6.07, 6.45) is 0.889. The Morgan fingerprint density at radius 3 is 2.64 bits per heavy atom. The van der Waals surface area contributed by atoms with Crippen LogP contribution in [0.1, 0.15) is 21.6 Å². The highest BCUT2D eigenvalue weighted by Gasteiger charge is 2.11. The van der Waals surface area contributed by atoms with Crippen molar-refractivity contribution in [2.24, 2.45) is 0 Å². The summed E-state index contributed by atoms with van der Waals surface area (Å²) in [5.41, 5.74) is 2.99. The van der Waals surface area contributed by atoms with Crippen molar-refractivity contribution in [3.63, 3.8) is 0 Å². The van der Waals surface area contributed by atoms with Crippen molar-refractivity contribution < 1.29 is 9.53 Å². The van der Waals surface area contributed by atoms with Crippen LogP contribution in [-0.2, 0) is 11.2 Å². The number of esters is 1. The molecule has 7 heteroatoms. The average molecular weight is 397 g/mol. The van der Waals surface area contributed by atoms with E-state index in [0.717, 1.165) is 18.7 Å². The lowest BCUT2D eigenvalue weighted by molar-refractivity contribution is 0.0601. The Kier molecular flexibility index (Phi) is 6.45. The average Bonchev–Trinajstić information content (AvgIpc) is 2.69. The second-order valence-electron chi connectivity index (χ2n) is 6.19. The van der Waals surface area contributed by atoms with Crippen molar-refractivity contribution in [1.82, 2.24) is 9.97 Å². The summed E-state index contributed by atoms with van der Waals surface area (Å²) in [5, 5.41) is 6.85. The number of carbonyl (C=O) groups is 1. The van der Waals surface area contributed by atoms with Gasteiger partial charge in [-0.2, -0.15) is 4.98 Å². The highest BCUT2D eigenvalue weighted by molar-refractivity contribution is 6.33. The molecule has 6 nitrogen and oxygen atoms in total. The molecule has 0 saturated heterocycles. The number of rotatable bonds is 7. The zero-order valence-electron chi connectivity index (χ0n) is 15.7. The van der Waals surface area contributed by atoms with Crippen molar-refractivity contribution in [2.75, 3.05) is 24.3 Å². The standard InChI is InChI=1S/C21H21ClN4O2/c1-14-12-19(23-11-10-15-6-4-3-5-7-15)26-21(24-14)25-18-13-16(20(27)28-2)8-9-17(18)22/h3-9,12-13H,10-11H2,1-2H3,(H2,23,24,25,26). The zero-order valence-corrected chi connectivity index (χ0v) is 16.5. The molecule has 0 fully saturated rings. The SMILES string of the molecule is COC(=O)c1ccc(Cl)c(Nc2nc(C)cc(NCCc3ccccc3)n2)c1. The molecule has 2 N–H and O–H groups in total. The van der Waals surface area contributed by atoms with Gasteiger partial charge in [0.25, 0.3) is 0 Å². The summed E-state index contributed by atoms with van der Waals surface area (Å²) < 4.78 is 4.75. The summed E-state index contributed by atoms with van der Waals surface area (Å²) >= 11 is 6.24. The number of hydrogen-bond acceptors (Lipinski definition) is 6. The quantitative estimate of drug-likeness (QED) is 0.567. The van der Waals surface area contributed by atoms with Gasteiger partial charge in [0, 0.05) is 18.3 Å². The molecule has 0 saturated carbocycles. The summed E-state index contributed by atoms with van der Waals surface area (Å²) in [4.78, 5) is 20.6. The van der Waals surface area contributed by atoms with Gasteiger partial charge >= 0.3 is 5.97 Å². The first-order valence-electron chi connectivity index (χ1n) is 8.83. The molecule has 28 heavy (non-hydrogen) atoms. The predicted octanol–water partition coefficient (Wildman–Crippen LogP) is 4.62. The molecule has 144 valence electrons. The minimum absolute atomic E-state index is 0.392. The van der Waals surface area contributed by atoms with Gasteiger partial charge in [0.2, 0.25) is 5.95 Å². The summed E-state index contributed by atoms with van der Waals surface area (Å²) in [5.74, 6) is 0.672. The summed E-state index contributed by atoms with van der Waals surface area (Å²) in [6.45, 7) is 2.64. The first-order chi connectivity index (χ1) is 13.5. The second-order valence-corrected chi connectivity index (χ2v) is 6.60. The van der Waals surface area contributed by atoms with E-state index in [1.165, 1.54) is 12.7 Å². The lowest BCUT2D eigenvalue weighted by atomic mass is 10.1. The number of aromatic nitrogens is 2. The van der Waals surface area contributed by atoms with Crippen LogP contribution >= 0.6 is 11.6 Å². The number of halogens is 1. The molecule has 1 heterocycles. The first kappa shape index (κ1) is 19.6. The smallest absolute Gasteiger partial charge is 0.337 e. The fourth-order valence-corrected chi connectivity index (χ4v) is 2.85. The molecule has 2 aromatic carbocycles. The Hall–Kier alpha value is -3.12. The van der Waals surface area contributed by atoms with Crippen molar-refractivity contribution in [2.45, 2.75) is 13.3 Å². The van der Waals surface area contributed by atoms with Gasteiger partial charge < -0.3 is 15.4 Å².